The Bertz CT molecular complexity index is 590. The summed E-state index contributed by atoms with van der Waals surface area (Å²) in [5.41, 5.74) is 0.949. The fourth-order valence-electron chi connectivity index (χ4n) is 2.38. The molecule has 0 spiro atoms. The van der Waals surface area contributed by atoms with Gasteiger partial charge in [0.05, 0.1) is 23.0 Å². The predicted molar refractivity (Wildman–Crippen MR) is 70.2 cm³/mol. The molecular formula is C13H15N3O2S. The smallest absolute Gasteiger partial charge is 0.237 e. The van der Waals surface area contributed by atoms with Crippen LogP contribution < -0.4 is 0 Å². The van der Waals surface area contributed by atoms with E-state index in [-0.39, 0.29) is 11.7 Å². The zero-order valence-corrected chi connectivity index (χ0v) is 11.6. The van der Waals surface area contributed by atoms with Gasteiger partial charge < -0.3 is 4.52 Å². The molecule has 0 N–H and O–H groups in total. The maximum absolute atomic E-state index is 11.8. The summed E-state index contributed by atoms with van der Waals surface area (Å²) in [5.74, 6) is 1.13. The molecule has 0 radical (unpaired) electrons. The number of hydrogen-bond donors (Lipinski definition) is 0. The number of nitrogens with zero attached hydrogens (tertiary/aromatic N) is 3. The van der Waals surface area contributed by atoms with Crippen LogP contribution in [0.5, 0.6) is 0 Å². The summed E-state index contributed by atoms with van der Waals surface area (Å²) in [5, 5.41) is 6.98. The summed E-state index contributed by atoms with van der Waals surface area (Å²) < 4.78 is 5.25. The monoisotopic (exact) mass is 277 g/mol. The van der Waals surface area contributed by atoms with Crippen LogP contribution in [0.15, 0.2) is 9.90 Å². The Hall–Kier alpha value is -1.56. The van der Waals surface area contributed by atoms with E-state index in [1.807, 2.05) is 12.3 Å². The van der Waals surface area contributed by atoms with E-state index in [2.05, 4.69) is 15.1 Å². The average Bonchev–Trinajstić information content (AvgIpc) is 3.00. The first kappa shape index (κ1) is 12.5. The van der Waals surface area contributed by atoms with Crippen molar-refractivity contribution in [2.24, 2.45) is 0 Å². The van der Waals surface area contributed by atoms with E-state index in [1.54, 1.807) is 11.3 Å². The van der Waals surface area contributed by atoms with Crippen molar-refractivity contribution in [2.45, 2.75) is 44.9 Å². The topological polar surface area (TPSA) is 68.9 Å². The van der Waals surface area contributed by atoms with Gasteiger partial charge in [0, 0.05) is 11.8 Å². The minimum atomic E-state index is -0.188. The SMILES string of the molecule is Cc1nc(Cc2noc(C3CCCCC3=O)n2)cs1. The first-order valence-corrected chi connectivity index (χ1v) is 7.36. The largest absolute Gasteiger partial charge is 0.339 e. The number of rotatable bonds is 3. The third-order valence-electron chi connectivity index (χ3n) is 3.34. The van der Waals surface area contributed by atoms with E-state index in [1.165, 1.54) is 0 Å². The molecule has 19 heavy (non-hydrogen) atoms. The Morgan fingerprint density at radius 2 is 2.32 bits per heavy atom. The highest BCUT2D eigenvalue weighted by Crippen LogP contribution is 2.28. The van der Waals surface area contributed by atoms with Gasteiger partial charge in [-0.3, -0.25) is 4.79 Å². The lowest BCUT2D eigenvalue weighted by Crippen LogP contribution is -2.17. The molecule has 0 amide bonds. The van der Waals surface area contributed by atoms with Gasteiger partial charge in [0.2, 0.25) is 5.89 Å². The highest BCUT2D eigenvalue weighted by atomic mass is 32.1. The summed E-state index contributed by atoms with van der Waals surface area (Å²) in [4.78, 5) is 20.6. The van der Waals surface area contributed by atoms with Gasteiger partial charge in [-0.2, -0.15) is 4.98 Å². The molecule has 2 heterocycles. The zero-order chi connectivity index (χ0) is 13.2. The number of ketones is 1. The molecule has 0 saturated heterocycles. The van der Waals surface area contributed by atoms with E-state index in [0.717, 1.165) is 30.0 Å². The van der Waals surface area contributed by atoms with Crippen LogP contribution in [-0.2, 0) is 11.2 Å². The number of thiazole rings is 1. The molecule has 1 aliphatic rings. The van der Waals surface area contributed by atoms with Crippen LogP contribution in [0.3, 0.4) is 0 Å². The number of carbonyl (C=O) groups is 1. The second-order valence-corrected chi connectivity index (χ2v) is 5.91. The molecule has 5 nitrogen and oxygen atoms in total. The van der Waals surface area contributed by atoms with Crippen molar-refractivity contribution < 1.29 is 9.32 Å². The van der Waals surface area contributed by atoms with E-state index >= 15 is 0 Å². The summed E-state index contributed by atoms with van der Waals surface area (Å²) in [7, 11) is 0. The van der Waals surface area contributed by atoms with Crippen molar-refractivity contribution in [1.82, 2.24) is 15.1 Å². The van der Waals surface area contributed by atoms with Crippen LogP contribution in [0.2, 0.25) is 0 Å². The molecule has 100 valence electrons. The zero-order valence-electron chi connectivity index (χ0n) is 10.8. The summed E-state index contributed by atoms with van der Waals surface area (Å²) in [6.45, 7) is 1.97. The van der Waals surface area contributed by atoms with E-state index < -0.39 is 0 Å². The molecule has 1 unspecified atom stereocenters. The minimum absolute atomic E-state index is 0.188. The summed E-state index contributed by atoms with van der Waals surface area (Å²) in [6, 6.07) is 0. The second-order valence-electron chi connectivity index (χ2n) is 4.85. The second kappa shape index (κ2) is 5.21. The maximum atomic E-state index is 11.8. The van der Waals surface area contributed by atoms with Gasteiger partial charge in [0.25, 0.3) is 0 Å². The van der Waals surface area contributed by atoms with Crippen molar-refractivity contribution in [3.63, 3.8) is 0 Å². The molecule has 1 saturated carbocycles. The van der Waals surface area contributed by atoms with Crippen molar-refractivity contribution in [3.8, 4) is 0 Å². The molecule has 3 rings (SSSR count). The van der Waals surface area contributed by atoms with Crippen LogP contribution in [0.1, 0.15) is 54.0 Å². The van der Waals surface area contributed by atoms with E-state index in [9.17, 15) is 4.79 Å². The average molecular weight is 277 g/mol. The van der Waals surface area contributed by atoms with Crippen molar-refractivity contribution in [3.05, 3.63) is 27.8 Å². The van der Waals surface area contributed by atoms with E-state index in [4.69, 9.17) is 4.52 Å². The van der Waals surface area contributed by atoms with Crippen LogP contribution in [0.4, 0.5) is 0 Å². The Balaban J connectivity index is 1.73. The molecule has 2 aromatic heterocycles. The molecule has 1 fully saturated rings. The molecule has 2 aromatic rings. The van der Waals surface area contributed by atoms with Crippen LogP contribution in [-0.4, -0.2) is 20.9 Å². The maximum Gasteiger partial charge on any atom is 0.237 e. The predicted octanol–water partition coefficient (Wildman–Crippen LogP) is 2.65. The first-order valence-electron chi connectivity index (χ1n) is 6.48. The van der Waals surface area contributed by atoms with Gasteiger partial charge in [-0.1, -0.05) is 11.6 Å². The molecule has 0 bridgehead atoms. The Morgan fingerprint density at radius 1 is 1.42 bits per heavy atom. The van der Waals surface area contributed by atoms with Gasteiger partial charge in [-0.15, -0.1) is 11.3 Å². The van der Waals surface area contributed by atoms with Gasteiger partial charge >= 0.3 is 0 Å². The summed E-state index contributed by atoms with van der Waals surface area (Å²) in [6.07, 6.45) is 4.06. The molecule has 0 aromatic carbocycles. The lowest BCUT2D eigenvalue weighted by Gasteiger charge is -2.16. The molecular weight excluding hydrogens is 262 g/mol. The minimum Gasteiger partial charge on any atom is -0.339 e. The number of hydrogen-bond acceptors (Lipinski definition) is 6. The Labute approximate surface area is 115 Å². The molecule has 1 atom stereocenters. The number of aromatic nitrogens is 3. The lowest BCUT2D eigenvalue weighted by atomic mass is 9.88. The number of Topliss-reactive ketones (excluding diaryl/α,β-unsaturated/α-hetero) is 1. The van der Waals surface area contributed by atoms with Gasteiger partial charge in [-0.05, 0) is 19.8 Å². The van der Waals surface area contributed by atoms with Crippen molar-refractivity contribution >= 4 is 17.1 Å². The van der Waals surface area contributed by atoms with Crippen molar-refractivity contribution in [1.29, 1.82) is 0 Å². The first-order chi connectivity index (χ1) is 9.22. The van der Waals surface area contributed by atoms with E-state index in [0.29, 0.717) is 24.6 Å². The lowest BCUT2D eigenvalue weighted by molar-refractivity contribution is -0.122. The quantitative estimate of drug-likeness (QED) is 0.862. The highest BCUT2D eigenvalue weighted by molar-refractivity contribution is 7.09. The number of aryl methyl sites for hydroxylation is 1. The van der Waals surface area contributed by atoms with Gasteiger partial charge in [-0.25, -0.2) is 4.98 Å². The fraction of sp³-hybridized carbons (Fsp3) is 0.538. The molecule has 0 aliphatic heterocycles. The normalized spacial score (nSPS) is 19.8. The van der Waals surface area contributed by atoms with Crippen molar-refractivity contribution in [2.75, 3.05) is 0 Å². The summed E-state index contributed by atoms with van der Waals surface area (Å²) >= 11 is 1.61. The Morgan fingerprint density at radius 3 is 3.05 bits per heavy atom. The van der Waals surface area contributed by atoms with Crippen LogP contribution in [0.25, 0.3) is 0 Å². The van der Waals surface area contributed by atoms with Gasteiger partial charge in [0.15, 0.2) is 5.82 Å². The van der Waals surface area contributed by atoms with Crippen LogP contribution in [0, 0.1) is 6.92 Å². The molecule has 6 heteroatoms. The third kappa shape index (κ3) is 2.73. The van der Waals surface area contributed by atoms with Crippen LogP contribution >= 0.6 is 11.3 Å². The van der Waals surface area contributed by atoms with Gasteiger partial charge in [0.1, 0.15) is 5.78 Å². The Kier molecular flexibility index (Phi) is 3.42. The number of carbonyl (C=O) groups excluding carboxylic acids is 1. The standard InChI is InChI=1S/C13H15N3O2S/c1-8-14-9(7-19-8)6-12-15-13(18-16-12)10-4-2-3-5-11(10)17/h7,10H,2-6H2,1H3. The fourth-order valence-corrected chi connectivity index (χ4v) is 2.99. The highest BCUT2D eigenvalue weighted by Gasteiger charge is 2.28. The molecule has 1 aliphatic carbocycles. The third-order valence-corrected chi connectivity index (χ3v) is 4.16.